The predicted molar refractivity (Wildman–Crippen MR) is 92.7 cm³/mol. The molecule has 1 aromatic carbocycles. The maximum atomic E-state index is 12.1. The molecular weight excluding hydrogens is 344 g/mol. The smallest absolute Gasteiger partial charge is 0.326 e. The van der Waals surface area contributed by atoms with Crippen molar-refractivity contribution in [1.82, 2.24) is 4.57 Å². The average molecular weight is 364 g/mol. The van der Waals surface area contributed by atoms with Gasteiger partial charge in [-0.1, -0.05) is 24.7 Å². The highest BCUT2D eigenvalue weighted by Gasteiger charge is 2.19. The van der Waals surface area contributed by atoms with Crippen molar-refractivity contribution in [3.63, 3.8) is 0 Å². The lowest BCUT2D eigenvalue weighted by Crippen LogP contribution is -2.23. The second-order valence-corrected chi connectivity index (χ2v) is 6.57. The number of esters is 1. The Kier molecular flexibility index (Phi) is 5.37. The number of rotatable bonds is 6. The molecular formula is C17H20N2O5S. The molecule has 0 N–H and O–H groups in total. The molecule has 0 radical (unpaired) electrons. The monoisotopic (exact) mass is 364 g/mol. The lowest BCUT2D eigenvalue weighted by Gasteiger charge is -2.05. The minimum absolute atomic E-state index is 0.00657. The number of thiazole rings is 1. The van der Waals surface area contributed by atoms with Gasteiger partial charge in [0.2, 0.25) is 12.7 Å². The quantitative estimate of drug-likeness (QED) is 0.736. The predicted octanol–water partition coefficient (Wildman–Crippen LogP) is 2.61. The molecule has 8 heteroatoms. The molecule has 1 aliphatic rings. The second kappa shape index (κ2) is 7.69. The molecule has 0 spiro atoms. The Balaban J connectivity index is 2.06. The third-order valence-electron chi connectivity index (χ3n) is 3.73. The van der Waals surface area contributed by atoms with E-state index in [0.717, 1.165) is 23.1 Å². The summed E-state index contributed by atoms with van der Waals surface area (Å²) >= 11 is 1.34. The van der Waals surface area contributed by atoms with Gasteiger partial charge in [0.05, 0.1) is 16.8 Å². The van der Waals surface area contributed by atoms with Crippen LogP contribution >= 0.6 is 11.3 Å². The molecule has 0 bridgehead atoms. The molecule has 7 nitrogen and oxygen atoms in total. The van der Waals surface area contributed by atoms with E-state index in [-0.39, 0.29) is 25.2 Å². The minimum atomic E-state index is -0.373. The Labute approximate surface area is 148 Å². The summed E-state index contributed by atoms with van der Waals surface area (Å²) < 4.78 is 18.4. The fourth-order valence-corrected chi connectivity index (χ4v) is 3.58. The Morgan fingerprint density at radius 3 is 2.76 bits per heavy atom. The largest absolute Gasteiger partial charge is 0.465 e. The summed E-state index contributed by atoms with van der Waals surface area (Å²) in [6, 6.07) is 3.66. The highest BCUT2D eigenvalue weighted by atomic mass is 32.1. The Bertz CT molecular complexity index is 868. The molecule has 0 fully saturated rings. The van der Waals surface area contributed by atoms with Crippen LogP contribution in [0.4, 0.5) is 0 Å². The third-order valence-corrected chi connectivity index (χ3v) is 4.78. The van der Waals surface area contributed by atoms with E-state index in [2.05, 4.69) is 4.99 Å². The first-order valence-corrected chi connectivity index (χ1v) is 9.10. The number of ether oxygens (including phenoxy) is 3. The van der Waals surface area contributed by atoms with Crippen molar-refractivity contribution in [2.45, 2.75) is 39.7 Å². The number of carbonyl (C=O) groups excluding carboxylic acids is 2. The first-order valence-electron chi connectivity index (χ1n) is 8.28. The molecule has 0 saturated carbocycles. The van der Waals surface area contributed by atoms with E-state index >= 15 is 0 Å². The van der Waals surface area contributed by atoms with Gasteiger partial charge in [0.15, 0.2) is 16.3 Å². The Morgan fingerprint density at radius 2 is 2.04 bits per heavy atom. The van der Waals surface area contributed by atoms with Gasteiger partial charge in [0.1, 0.15) is 6.54 Å². The van der Waals surface area contributed by atoms with E-state index < -0.39 is 0 Å². The highest BCUT2D eigenvalue weighted by Crippen LogP contribution is 2.36. The van der Waals surface area contributed by atoms with Crippen LogP contribution in [-0.2, 0) is 20.9 Å². The summed E-state index contributed by atoms with van der Waals surface area (Å²) in [6.45, 7) is 4.25. The van der Waals surface area contributed by atoms with Crippen LogP contribution in [0.1, 0.15) is 33.1 Å². The molecule has 1 aliphatic heterocycles. The normalized spacial score (nSPS) is 13.4. The molecule has 0 saturated heterocycles. The third kappa shape index (κ3) is 3.84. The summed E-state index contributed by atoms with van der Waals surface area (Å²) in [5.74, 6) is 0.709. The standard InChI is InChI=1S/C17H20N2O5S/c1-3-5-6-15(20)18-17-19(9-16(21)22-4-2)11-7-12-13(24-10-23-12)8-14(11)25-17/h7-8H,3-6,9-10H2,1-2H3. The zero-order chi connectivity index (χ0) is 17.8. The molecule has 2 heterocycles. The van der Waals surface area contributed by atoms with Gasteiger partial charge < -0.3 is 18.8 Å². The number of hydrogen-bond donors (Lipinski definition) is 0. The molecule has 3 rings (SSSR count). The minimum Gasteiger partial charge on any atom is -0.465 e. The SMILES string of the molecule is CCCCC(=O)N=c1sc2cc3c(cc2n1CC(=O)OCC)OCO3. The number of amides is 1. The van der Waals surface area contributed by atoms with Crippen LogP contribution in [0, 0.1) is 0 Å². The fourth-order valence-electron chi connectivity index (χ4n) is 2.52. The molecule has 0 unspecified atom stereocenters. The van der Waals surface area contributed by atoms with E-state index in [4.69, 9.17) is 14.2 Å². The maximum Gasteiger partial charge on any atom is 0.326 e. The van der Waals surface area contributed by atoms with Gasteiger partial charge in [-0.05, 0) is 13.3 Å². The zero-order valence-electron chi connectivity index (χ0n) is 14.2. The Morgan fingerprint density at radius 1 is 1.28 bits per heavy atom. The van der Waals surface area contributed by atoms with E-state index in [9.17, 15) is 9.59 Å². The van der Waals surface area contributed by atoms with Gasteiger partial charge in [-0.15, -0.1) is 0 Å². The van der Waals surface area contributed by atoms with Crippen molar-refractivity contribution in [3.8, 4) is 11.5 Å². The highest BCUT2D eigenvalue weighted by molar-refractivity contribution is 7.16. The first kappa shape index (κ1) is 17.5. The van der Waals surface area contributed by atoms with Crippen molar-refractivity contribution in [2.24, 2.45) is 4.99 Å². The molecule has 0 aliphatic carbocycles. The van der Waals surface area contributed by atoms with Gasteiger partial charge in [-0.2, -0.15) is 4.99 Å². The molecule has 1 aromatic heterocycles. The fraction of sp³-hybridized carbons (Fsp3) is 0.471. The van der Waals surface area contributed by atoms with Crippen molar-refractivity contribution in [1.29, 1.82) is 0 Å². The first-order chi connectivity index (χ1) is 12.1. The molecule has 134 valence electrons. The summed E-state index contributed by atoms with van der Waals surface area (Å²) in [6.07, 6.45) is 2.12. The summed E-state index contributed by atoms with van der Waals surface area (Å²) in [5, 5.41) is 0. The van der Waals surface area contributed by atoms with Crippen LogP contribution in [0.2, 0.25) is 0 Å². The van der Waals surface area contributed by atoms with Gasteiger partial charge >= 0.3 is 5.97 Å². The lowest BCUT2D eigenvalue weighted by atomic mass is 10.2. The van der Waals surface area contributed by atoms with Crippen molar-refractivity contribution >= 4 is 33.4 Å². The molecule has 1 amide bonds. The maximum absolute atomic E-state index is 12.1. The van der Waals surface area contributed by atoms with Crippen LogP contribution in [-0.4, -0.2) is 29.8 Å². The molecule has 0 atom stereocenters. The van der Waals surface area contributed by atoms with Crippen LogP contribution in [0.5, 0.6) is 11.5 Å². The second-order valence-electron chi connectivity index (χ2n) is 5.56. The van der Waals surface area contributed by atoms with Gasteiger partial charge in [0, 0.05) is 18.6 Å². The number of fused-ring (bicyclic) bond motifs is 2. The van der Waals surface area contributed by atoms with Crippen LogP contribution in [0.25, 0.3) is 10.2 Å². The number of nitrogens with zero attached hydrogens (tertiary/aromatic N) is 2. The van der Waals surface area contributed by atoms with Gasteiger partial charge in [-0.3, -0.25) is 9.59 Å². The van der Waals surface area contributed by atoms with E-state index in [0.29, 0.717) is 29.3 Å². The summed E-state index contributed by atoms with van der Waals surface area (Å²) in [7, 11) is 0. The number of benzene rings is 1. The van der Waals surface area contributed by atoms with E-state index in [1.165, 1.54) is 11.3 Å². The van der Waals surface area contributed by atoms with Crippen LogP contribution < -0.4 is 14.3 Å². The topological polar surface area (TPSA) is 79.1 Å². The van der Waals surface area contributed by atoms with Gasteiger partial charge in [-0.25, -0.2) is 0 Å². The molecule has 2 aromatic rings. The van der Waals surface area contributed by atoms with Crippen LogP contribution in [0.3, 0.4) is 0 Å². The van der Waals surface area contributed by atoms with E-state index in [1.807, 2.05) is 19.1 Å². The number of aromatic nitrogens is 1. The summed E-state index contributed by atoms with van der Waals surface area (Å²) in [5.41, 5.74) is 0.768. The number of unbranched alkanes of at least 4 members (excludes halogenated alkanes) is 1. The molecule has 25 heavy (non-hydrogen) atoms. The van der Waals surface area contributed by atoms with Crippen molar-refractivity contribution < 1.29 is 23.8 Å². The van der Waals surface area contributed by atoms with Crippen molar-refractivity contribution in [3.05, 3.63) is 16.9 Å². The lowest BCUT2D eigenvalue weighted by molar-refractivity contribution is -0.143. The Hall–Kier alpha value is -2.35. The van der Waals surface area contributed by atoms with E-state index in [1.54, 1.807) is 11.5 Å². The average Bonchev–Trinajstić information content (AvgIpc) is 3.16. The number of carbonyl (C=O) groups is 2. The number of hydrogen-bond acceptors (Lipinski definition) is 6. The van der Waals surface area contributed by atoms with Crippen LogP contribution in [0.15, 0.2) is 17.1 Å². The zero-order valence-corrected chi connectivity index (χ0v) is 15.1. The van der Waals surface area contributed by atoms with Gasteiger partial charge in [0.25, 0.3) is 0 Å². The summed E-state index contributed by atoms with van der Waals surface area (Å²) in [4.78, 5) is 28.7. The van der Waals surface area contributed by atoms with Crippen molar-refractivity contribution in [2.75, 3.05) is 13.4 Å².